The van der Waals surface area contributed by atoms with Gasteiger partial charge in [0.15, 0.2) is 11.7 Å². The Labute approximate surface area is 171 Å². The second-order valence-electron chi connectivity index (χ2n) is 5.76. The first-order chi connectivity index (χ1) is 12.5. The maximum absolute atomic E-state index is 12.1. The zero-order valence-electron chi connectivity index (χ0n) is 14.1. The van der Waals surface area contributed by atoms with E-state index in [2.05, 4.69) is 33.2 Å². The number of ether oxygens (including phenoxy) is 1. The van der Waals surface area contributed by atoms with Gasteiger partial charge in [0.25, 0.3) is 5.91 Å². The number of hydrogen-bond acceptors (Lipinski definition) is 3. The van der Waals surface area contributed by atoms with Crippen molar-refractivity contribution in [3.8, 4) is 5.75 Å². The number of rotatable bonds is 4. The van der Waals surface area contributed by atoms with E-state index in [1.807, 2.05) is 67.6 Å². The topological polar surface area (TPSA) is 50.4 Å². The maximum Gasteiger partial charge on any atom is 0.264 e. The van der Waals surface area contributed by atoms with Crippen LogP contribution in [0, 0.1) is 10.5 Å². The van der Waals surface area contributed by atoms with Gasteiger partial charge in [0.1, 0.15) is 5.75 Å². The number of amides is 1. The van der Waals surface area contributed by atoms with Crippen LogP contribution in [0.4, 0.5) is 5.69 Å². The van der Waals surface area contributed by atoms with Crippen LogP contribution in [0.5, 0.6) is 5.75 Å². The van der Waals surface area contributed by atoms with Gasteiger partial charge in [-0.2, -0.15) is 0 Å². The highest BCUT2D eigenvalue weighted by atomic mass is 127. The summed E-state index contributed by atoms with van der Waals surface area (Å²) in [4.78, 5) is 12.1. The highest BCUT2D eigenvalue weighted by Crippen LogP contribution is 2.20. The molecular formula is C20H17IN2O2S. The monoisotopic (exact) mass is 476 g/mol. The Bertz CT molecular complexity index is 975. The predicted octanol–water partition coefficient (Wildman–Crippen LogP) is 4.64. The van der Waals surface area contributed by atoms with Gasteiger partial charge in [-0.15, -0.1) is 0 Å². The van der Waals surface area contributed by atoms with Gasteiger partial charge >= 0.3 is 0 Å². The molecule has 2 N–H and O–H groups in total. The Hall–Kier alpha value is -2.19. The van der Waals surface area contributed by atoms with Gasteiger partial charge < -0.3 is 10.1 Å². The number of nitrogens with one attached hydrogen (secondary N) is 2. The van der Waals surface area contributed by atoms with Gasteiger partial charge in [-0.05, 0) is 88.4 Å². The Kier molecular flexibility index (Phi) is 6.05. The van der Waals surface area contributed by atoms with Crippen molar-refractivity contribution in [2.75, 3.05) is 11.9 Å². The van der Waals surface area contributed by atoms with Crippen LogP contribution in [-0.2, 0) is 4.79 Å². The number of aryl methyl sites for hydroxylation is 1. The van der Waals surface area contributed by atoms with Gasteiger partial charge in [0.05, 0.1) is 0 Å². The summed E-state index contributed by atoms with van der Waals surface area (Å²) in [5.41, 5.74) is 1.92. The fourth-order valence-electron chi connectivity index (χ4n) is 2.49. The summed E-state index contributed by atoms with van der Waals surface area (Å²) in [5, 5.41) is 8.11. The number of benzene rings is 3. The number of fused-ring (bicyclic) bond motifs is 1. The molecule has 1 amide bonds. The fraction of sp³-hybridized carbons (Fsp3) is 0.100. The Morgan fingerprint density at radius 2 is 1.85 bits per heavy atom. The van der Waals surface area contributed by atoms with Crippen LogP contribution in [0.25, 0.3) is 10.8 Å². The van der Waals surface area contributed by atoms with E-state index < -0.39 is 0 Å². The van der Waals surface area contributed by atoms with E-state index in [1.54, 1.807) is 0 Å². The zero-order valence-corrected chi connectivity index (χ0v) is 17.1. The summed E-state index contributed by atoms with van der Waals surface area (Å²) in [5.74, 6) is 0.338. The molecule has 0 aliphatic heterocycles. The van der Waals surface area contributed by atoms with E-state index in [9.17, 15) is 4.79 Å². The number of thiocarbonyl (C=S) groups is 1. The lowest BCUT2D eigenvalue weighted by atomic mass is 10.1. The molecule has 0 saturated heterocycles. The molecule has 0 spiro atoms. The molecule has 0 unspecified atom stereocenters. The van der Waals surface area contributed by atoms with Crippen molar-refractivity contribution >= 4 is 62.3 Å². The molecular weight excluding hydrogens is 459 g/mol. The minimum Gasteiger partial charge on any atom is -0.484 e. The lowest BCUT2D eigenvalue weighted by Gasteiger charge is -2.12. The smallest absolute Gasteiger partial charge is 0.264 e. The van der Waals surface area contributed by atoms with Crippen molar-refractivity contribution in [3.05, 3.63) is 69.8 Å². The Morgan fingerprint density at radius 1 is 1.08 bits per heavy atom. The molecule has 0 saturated carbocycles. The first kappa shape index (κ1) is 18.6. The van der Waals surface area contributed by atoms with Gasteiger partial charge in [-0.3, -0.25) is 10.1 Å². The Morgan fingerprint density at radius 3 is 2.62 bits per heavy atom. The number of carbonyl (C=O) groups is 1. The molecule has 4 nitrogen and oxygen atoms in total. The van der Waals surface area contributed by atoms with Crippen molar-refractivity contribution in [1.29, 1.82) is 0 Å². The van der Waals surface area contributed by atoms with E-state index in [4.69, 9.17) is 17.0 Å². The predicted molar refractivity (Wildman–Crippen MR) is 118 cm³/mol. The molecule has 0 heterocycles. The van der Waals surface area contributed by atoms with Crippen molar-refractivity contribution in [2.45, 2.75) is 6.92 Å². The molecule has 0 aliphatic carbocycles. The summed E-state index contributed by atoms with van der Waals surface area (Å²) in [6.07, 6.45) is 0. The van der Waals surface area contributed by atoms with Crippen LogP contribution in [0.15, 0.2) is 60.7 Å². The first-order valence-corrected chi connectivity index (χ1v) is 9.48. The van der Waals surface area contributed by atoms with E-state index >= 15 is 0 Å². The number of anilines is 1. The minimum atomic E-state index is -0.307. The maximum atomic E-state index is 12.1. The summed E-state index contributed by atoms with van der Waals surface area (Å²) >= 11 is 7.45. The molecule has 0 bridgehead atoms. The third kappa shape index (κ3) is 4.92. The summed E-state index contributed by atoms with van der Waals surface area (Å²) < 4.78 is 6.71. The van der Waals surface area contributed by atoms with Gasteiger partial charge in [-0.1, -0.05) is 30.3 Å². The van der Waals surface area contributed by atoms with Gasteiger partial charge in [0, 0.05) is 9.26 Å². The summed E-state index contributed by atoms with van der Waals surface area (Å²) in [6, 6.07) is 19.7. The van der Waals surface area contributed by atoms with Gasteiger partial charge in [-0.25, -0.2) is 0 Å². The highest BCUT2D eigenvalue weighted by Gasteiger charge is 2.08. The van der Waals surface area contributed by atoms with Crippen LogP contribution < -0.4 is 15.4 Å². The Balaban J connectivity index is 1.53. The lowest BCUT2D eigenvalue weighted by Crippen LogP contribution is -2.37. The van der Waals surface area contributed by atoms with Crippen LogP contribution >= 0.6 is 34.8 Å². The van der Waals surface area contributed by atoms with Crippen LogP contribution in [0.1, 0.15) is 5.56 Å². The molecule has 0 radical (unpaired) electrons. The van der Waals surface area contributed by atoms with E-state index in [-0.39, 0.29) is 17.6 Å². The average Bonchev–Trinajstić information content (AvgIpc) is 2.62. The molecule has 0 aliphatic rings. The number of halogens is 1. The molecule has 6 heteroatoms. The highest BCUT2D eigenvalue weighted by molar-refractivity contribution is 14.1. The molecule has 3 aromatic carbocycles. The number of carbonyl (C=O) groups excluding carboxylic acids is 1. The van der Waals surface area contributed by atoms with Crippen LogP contribution in [-0.4, -0.2) is 17.6 Å². The van der Waals surface area contributed by atoms with Crippen LogP contribution in [0.3, 0.4) is 0 Å². The van der Waals surface area contributed by atoms with E-state index in [0.29, 0.717) is 5.75 Å². The summed E-state index contributed by atoms with van der Waals surface area (Å²) in [7, 11) is 0. The zero-order chi connectivity index (χ0) is 18.5. The second kappa shape index (κ2) is 8.46. The van der Waals surface area contributed by atoms with E-state index in [1.165, 1.54) is 0 Å². The molecule has 132 valence electrons. The molecule has 0 fully saturated rings. The molecule has 3 aromatic rings. The molecule has 0 aromatic heterocycles. The fourth-order valence-corrected chi connectivity index (χ4v) is 3.36. The summed E-state index contributed by atoms with van der Waals surface area (Å²) in [6.45, 7) is 1.88. The SMILES string of the molecule is Cc1cc(I)ccc1NC(=S)NC(=O)COc1ccc2ccccc2c1. The van der Waals surface area contributed by atoms with Crippen molar-refractivity contribution in [1.82, 2.24) is 5.32 Å². The largest absolute Gasteiger partial charge is 0.484 e. The third-order valence-electron chi connectivity index (χ3n) is 3.78. The van der Waals surface area contributed by atoms with Crippen molar-refractivity contribution < 1.29 is 9.53 Å². The average molecular weight is 476 g/mol. The number of hydrogen-bond donors (Lipinski definition) is 2. The quantitative estimate of drug-likeness (QED) is 0.426. The van der Waals surface area contributed by atoms with Gasteiger partial charge in [0.2, 0.25) is 0 Å². The third-order valence-corrected chi connectivity index (χ3v) is 4.66. The normalized spacial score (nSPS) is 10.4. The van der Waals surface area contributed by atoms with Crippen molar-refractivity contribution in [2.24, 2.45) is 0 Å². The molecule has 0 atom stereocenters. The molecule has 3 rings (SSSR count). The standard InChI is InChI=1S/C20H17IN2O2S/c1-13-10-16(21)7-9-18(13)22-20(26)23-19(24)12-25-17-8-6-14-4-2-3-5-15(14)11-17/h2-11H,12H2,1H3,(H2,22,23,24,26). The van der Waals surface area contributed by atoms with E-state index in [0.717, 1.165) is 25.6 Å². The van der Waals surface area contributed by atoms with Crippen LogP contribution in [0.2, 0.25) is 0 Å². The molecule has 26 heavy (non-hydrogen) atoms. The second-order valence-corrected chi connectivity index (χ2v) is 7.41. The first-order valence-electron chi connectivity index (χ1n) is 8.00. The minimum absolute atomic E-state index is 0.105. The lowest BCUT2D eigenvalue weighted by molar-refractivity contribution is -0.121. The van der Waals surface area contributed by atoms with Crippen molar-refractivity contribution in [3.63, 3.8) is 0 Å².